The van der Waals surface area contributed by atoms with Crippen molar-refractivity contribution in [2.45, 2.75) is 0 Å². The topological polar surface area (TPSA) is 251 Å². The van der Waals surface area contributed by atoms with Gasteiger partial charge in [-0.25, -0.2) is 16.3 Å². The number of phenols is 3. The number of aromatic hydroxyl groups is 3. The van der Waals surface area contributed by atoms with Crippen LogP contribution >= 0.6 is 0 Å². The molecule has 6 N–H and O–H groups in total. The lowest BCUT2D eigenvalue weighted by Crippen LogP contribution is -2.17. The highest BCUT2D eigenvalue weighted by Gasteiger charge is 2.14. The maximum atomic E-state index is 12.3. The Bertz CT molecular complexity index is 2460. The van der Waals surface area contributed by atoms with E-state index >= 15 is 0 Å². The number of aromatic nitrogens is 3. The molecule has 1 aromatic heterocycles. The van der Waals surface area contributed by atoms with E-state index in [2.05, 4.69) is 46.5 Å². The Morgan fingerprint density at radius 1 is 0.381 bits per heavy atom. The highest BCUT2D eigenvalue weighted by molar-refractivity contribution is 5.96. The van der Waals surface area contributed by atoms with Crippen LogP contribution in [0.5, 0.6) is 52.5 Å². The monoisotopic (exact) mass is 843 g/mol. The summed E-state index contributed by atoms with van der Waals surface area (Å²) in [6.07, 6.45) is 4.33. The van der Waals surface area contributed by atoms with Gasteiger partial charge in [0.25, 0.3) is 17.7 Å². The minimum atomic E-state index is -0.451. The van der Waals surface area contributed by atoms with Gasteiger partial charge in [0.15, 0.2) is 0 Å². The summed E-state index contributed by atoms with van der Waals surface area (Å²) in [7, 11) is 0. The van der Waals surface area contributed by atoms with Crippen LogP contribution in [0.1, 0.15) is 47.8 Å². The fourth-order valence-electron chi connectivity index (χ4n) is 5.17. The summed E-state index contributed by atoms with van der Waals surface area (Å²) in [4.78, 5) is 49.9. The van der Waals surface area contributed by atoms with E-state index in [9.17, 15) is 29.7 Å². The number of amides is 3. The van der Waals surface area contributed by atoms with Gasteiger partial charge in [0.2, 0.25) is 0 Å². The maximum absolute atomic E-state index is 12.3. The summed E-state index contributed by atoms with van der Waals surface area (Å²) >= 11 is 0. The number of carbonyl (C=O) groups excluding carboxylic acids is 3. The Morgan fingerprint density at radius 2 is 0.619 bits per heavy atom. The van der Waals surface area contributed by atoms with Crippen LogP contribution in [-0.2, 0) is 0 Å². The average Bonchev–Trinajstić information content (AvgIpc) is 3.28. The minimum absolute atomic E-state index is 0.0414. The van der Waals surface area contributed by atoms with E-state index in [0.717, 1.165) is 0 Å². The lowest BCUT2D eigenvalue weighted by molar-refractivity contribution is 0.0947. The molecule has 18 nitrogen and oxygen atoms in total. The van der Waals surface area contributed by atoms with E-state index in [1.807, 2.05) is 0 Å². The zero-order chi connectivity index (χ0) is 44.0. The van der Waals surface area contributed by atoms with E-state index in [4.69, 9.17) is 14.2 Å². The van der Waals surface area contributed by atoms with Gasteiger partial charge in [-0.05, 0) is 162 Å². The van der Waals surface area contributed by atoms with Crippen molar-refractivity contribution >= 4 is 36.4 Å². The molecule has 0 atom stereocenters. The molecule has 0 bridgehead atoms. The number of nitrogens with zero attached hydrogens (tertiary/aromatic N) is 6. The van der Waals surface area contributed by atoms with Gasteiger partial charge in [-0.1, -0.05) is 0 Å². The standard InChI is InChI=1S/C45H33N9O9/c55-34-13-7-31(8-14-34)40(58)52-46-25-28-1-19-37(20-2-28)61-43-49-44(62-38-21-3-29(4-22-38)26-47-53-41(59)32-9-15-35(56)16-10-32)51-45(50-43)63-39-23-5-30(6-24-39)27-48-54-42(60)33-11-17-36(57)18-12-33/h1-27,55-57H,(H,52,58)(H,53,59)(H,54,60)/b46-25+,47-26+,48-27+. The van der Waals surface area contributed by atoms with Crippen LogP contribution in [0, 0.1) is 0 Å². The van der Waals surface area contributed by atoms with E-state index in [0.29, 0.717) is 50.6 Å². The predicted molar refractivity (Wildman–Crippen MR) is 229 cm³/mol. The van der Waals surface area contributed by atoms with Crippen molar-refractivity contribution in [2.24, 2.45) is 15.3 Å². The highest BCUT2D eigenvalue weighted by Crippen LogP contribution is 2.27. The third-order valence-electron chi connectivity index (χ3n) is 8.37. The number of ether oxygens (including phenoxy) is 3. The number of phenolic OH excluding ortho intramolecular Hbond substituents is 3. The van der Waals surface area contributed by atoms with Crippen molar-refractivity contribution in [1.82, 2.24) is 31.2 Å². The average molecular weight is 844 g/mol. The molecule has 6 aromatic carbocycles. The van der Waals surface area contributed by atoms with Crippen molar-refractivity contribution in [3.63, 3.8) is 0 Å². The molecule has 0 fully saturated rings. The first kappa shape index (κ1) is 41.7. The Labute approximate surface area is 357 Å². The van der Waals surface area contributed by atoms with Crippen LogP contribution in [0.3, 0.4) is 0 Å². The third-order valence-corrected chi connectivity index (χ3v) is 8.37. The summed E-state index contributed by atoms with van der Waals surface area (Å²) in [6, 6.07) is 36.7. The molecule has 0 spiro atoms. The van der Waals surface area contributed by atoms with Gasteiger partial charge in [0, 0.05) is 16.7 Å². The van der Waals surface area contributed by atoms with Crippen LogP contribution in [0.25, 0.3) is 0 Å². The van der Waals surface area contributed by atoms with Crippen LogP contribution in [0.15, 0.2) is 161 Å². The van der Waals surface area contributed by atoms with Gasteiger partial charge in [0.1, 0.15) is 34.5 Å². The summed E-state index contributed by atoms with van der Waals surface area (Å²) in [5.41, 5.74) is 10.2. The SMILES string of the molecule is O=C(N/N=C/c1ccc(Oc2nc(Oc3ccc(/C=N/NC(=O)c4ccc(O)cc4)cc3)nc(Oc3ccc(/C=N/NC(=O)c4ccc(O)cc4)cc3)n2)cc1)c1ccc(O)cc1. The first-order chi connectivity index (χ1) is 30.6. The molecular weight excluding hydrogens is 811 g/mol. The smallest absolute Gasteiger partial charge is 0.331 e. The lowest BCUT2D eigenvalue weighted by atomic mass is 10.2. The maximum Gasteiger partial charge on any atom is 0.331 e. The predicted octanol–water partition coefficient (Wildman–Crippen LogP) is 6.66. The largest absolute Gasteiger partial charge is 0.508 e. The molecule has 1 heterocycles. The van der Waals surface area contributed by atoms with E-state index in [-0.39, 0.29) is 35.3 Å². The molecule has 3 amide bonds. The Hall–Kier alpha value is -9.45. The van der Waals surface area contributed by atoms with Gasteiger partial charge in [-0.15, -0.1) is 15.0 Å². The summed E-state index contributed by atoms with van der Waals surface area (Å²) in [6.45, 7) is 0. The molecular formula is C45H33N9O9. The molecule has 0 saturated heterocycles. The molecule has 7 aromatic rings. The number of carbonyl (C=O) groups is 3. The molecule has 7 rings (SSSR count). The van der Waals surface area contributed by atoms with Gasteiger partial charge in [-0.2, -0.15) is 15.3 Å². The van der Waals surface area contributed by atoms with Crippen LogP contribution in [0.2, 0.25) is 0 Å². The molecule has 0 unspecified atom stereocenters. The van der Waals surface area contributed by atoms with Crippen LogP contribution in [0.4, 0.5) is 0 Å². The number of benzene rings is 6. The minimum Gasteiger partial charge on any atom is -0.508 e. The molecule has 0 aliphatic rings. The molecule has 0 radical (unpaired) electrons. The second-order valence-corrected chi connectivity index (χ2v) is 12.9. The van der Waals surface area contributed by atoms with Crippen molar-refractivity contribution in [1.29, 1.82) is 0 Å². The fourth-order valence-corrected chi connectivity index (χ4v) is 5.17. The first-order valence-corrected chi connectivity index (χ1v) is 18.6. The Kier molecular flexibility index (Phi) is 13.2. The number of hydrogen-bond donors (Lipinski definition) is 6. The van der Waals surface area contributed by atoms with E-state index in [1.165, 1.54) is 91.4 Å². The van der Waals surface area contributed by atoms with Gasteiger partial charge < -0.3 is 29.5 Å². The quantitative estimate of drug-likeness (QED) is 0.0468. The molecule has 18 heteroatoms. The van der Waals surface area contributed by atoms with Gasteiger partial charge in [0.05, 0.1) is 18.6 Å². The van der Waals surface area contributed by atoms with Crippen LogP contribution in [-0.4, -0.2) is 66.6 Å². The number of hydrazone groups is 3. The summed E-state index contributed by atoms with van der Waals surface area (Å²) in [5, 5.41) is 40.3. The number of rotatable bonds is 15. The molecule has 0 aliphatic heterocycles. The van der Waals surface area contributed by atoms with Crippen molar-refractivity contribution in [3.05, 3.63) is 179 Å². The second-order valence-electron chi connectivity index (χ2n) is 12.9. The van der Waals surface area contributed by atoms with Crippen LogP contribution < -0.4 is 30.5 Å². The van der Waals surface area contributed by atoms with E-state index in [1.54, 1.807) is 72.8 Å². The Morgan fingerprint density at radius 3 is 0.857 bits per heavy atom. The zero-order valence-corrected chi connectivity index (χ0v) is 32.6. The van der Waals surface area contributed by atoms with Crippen molar-refractivity contribution < 1.29 is 43.9 Å². The Balaban J connectivity index is 1.02. The third kappa shape index (κ3) is 12.3. The summed E-state index contributed by atoms with van der Waals surface area (Å²) < 4.78 is 17.9. The van der Waals surface area contributed by atoms with Gasteiger partial charge in [-0.3, -0.25) is 14.4 Å². The second kappa shape index (κ2) is 20.0. The van der Waals surface area contributed by atoms with Crippen molar-refractivity contribution in [2.75, 3.05) is 0 Å². The molecule has 0 aliphatic carbocycles. The van der Waals surface area contributed by atoms with E-state index < -0.39 is 17.7 Å². The molecule has 0 saturated carbocycles. The summed E-state index contributed by atoms with van der Waals surface area (Å²) in [5.74, 6) is -0.213. The normalized spacial score (nSPS) is 11.0. The fraction of sp³-hybridized carbons (Fsp3) is 0. The first-order valence-electron chi connectivity index (χ1n) is 18.6. The molecule has 63 heavy (non-hydrogen) atoms. The zero-order valence-electron chi connectivity index (χ0n) is 32.6. The molecule has 312 valence electrons. The van der Waals surface area contributed by atoms with Gasteiger partial charge >= 0.3 is 18.0 Å². The van der Waals surface area contributed by atoms with Crippen molar-refractivity contribution in [3.8, 4) is 52.5 Å². The number of hydrogen-bond acceptors (Lipinski definition) is 15. The highest BCUT2D eigenvalue weighted by atomic mass is 16.5. The lowest BCUT2D eigenvalue weighted by Gasteiger charge is -2.10. The number of nitrogens with one attached hydrogen (secondary N) is 3.